The third-order valence-corrected chi connectivity index (χ3v) is 3.68. The summed E-state index contributed by atoms with van der Waals surface area (Å²) in [6.07, 6.45) is 2.63. The van der Waals surface area contributed by atoms with Crippen molar-refractivity contribution in [3.05, 3.63) is 34.1 Å². The molecule has 94 valence electrons. The molecule has 4 heteroatoms. The molecule has 0 bridgehead atoms. The minimum Gasteiger partial charge on any atom is -0.312 e. The van der Waals surface area contributed by atoms with Gasteiger partial charge in [-0.3, -0.25) is 0 Å². The van der Waals surface area contributed by atoms with Crippen molar-refractivity contribution in [2.45, 2.75) is 38.4 Å². The highest BCUT2D eigenvalue weighted by Crippen LogP contribution is 2.19. The first-order valence-corrected chi connectivity index (χ1v) is 6.85. The largest absolute Gasteiger partial charge is 0.312 e. The minimum atomic E-state index is -0.205. The Morgan fingerprint density at radius 3 is 2.88 bits per heavy atom. The van der Waals surface area contributed by atoms with Crippen LogP contribution in [0.2, 0.25) is 0 Å². The maximum Gasteiger partial charge on any atom is 0.124 e. The Morgan fingerprint density at radius 2 is 2.24 bits per heavy atom. The number of hydrogen-bond acceptors (Lipinski definition) is 2. The lowest BCUT2D eigenvalue weighted by atomic mass is 10.2. The van der Waals surface area contributed by atoms with Crippen molar-refractivity contribution in [3.63, 3.8) is 0 Å². The monoisotopic (exact) mass is 300 g/mol. The van der Waals surface area contributed by atoms with Gasteiger partial charge in [-0.2, -0.15) is 0 Å². The Labute approximate surface area is 110 Å². The SMILES string of the molecule is CC(CNC1CC1)NCc1ccc(F)cc1Br. The van der Waals surface area contributed by atoms with Crippen molar-refractivity contribution in [1.29, 1.82) is 0 Å². The molecule has 1 fully saturated rings. The van der Waals surface area contributed by atoms with Crippen molar-refractivity contribution in [3.8, 4) is 0 Å². The van der Waals surface area contributed by atoms with Crippen LogP contribution in [0.25, 0.3) is 0 Å². The van der Waals surface area contributed by atoms with Gasteiger partial charge in [0.1, 0.15) is 5.82 Å². The second-order valence-electron chi connectivity index (χ2n) is 4.70. The van der Waals surface area contributed by atoms with E-state index in [1.54, 1.807) is 0 Å². The van der Waals surface area contributed by atoms with Gasteiger partial charge in [-0.25, -0.2) is 4.39 Å². The zero-order valence-corrected chi connectivity index (χ0v) is 11.6. The fraction of sp³-hybridized carbons (Fsp3) is 0.538. The molecule has 17 heavy (non-hydrogen) atoms. The highest BCUT2D eigenvalue weighted by molar-refractivity contribution is 9.10. The van der Waals surface area contributed by atoms with Gasteiger partial charge in [0.2, 0.25) is 0 Å². The van der Waals surface area contributed by atoms with Gasteiger partial charge < -0.3 is 10.6 Å². The summed E-state index contributed by atoms with van der Waals surface area (Å²) < 4.78 is 13.7. The lowest BCUT2D eigenvalue weighted by Crippen LogP contribution is -2.36. The van der Waals surface area contributed by atoms with Gasteiger partial charge in [0.25, 0.3) is 0 Å². The zero-order valence-electron chi connectivity index (χ0n) is 9.97. The zero-order chi connectivity index (χ0) is 12.3. The number of rotatable bonds is 6. The molecule has 1 unspecified atom stereocenters. The van der Waals surface area contributed by atoms with Crippen LogP contribution in [0, 0.1) is 5.82 Å². The summed E-state index contributed by atoms with van der Waals surface area (Å²) in [7, 11) is 0. The van der Waals surface area contributed by atoms with Crippen LogP contribution < -0.4 is 10.6 Å². The molecular weight excluding hydrogens is 283 g/mol. The van der Waals surface area contributed by atoms with E-state index in [-0.39, 0.29) is 5.82 Å². The lowest BCUT2D eigenvalue weighted by Gasteiger charge is -2.15. The van der Waals surface area contributed by atoms with Crippen LogP contribution in [0.5, 0.6) is 0 Å². The van der Waals surface area contributed by atoms with Gasteiger partial charge in [0, 0.05) is 29.6 Å². The Morgan fingerprint density at radius 1 is 1.47 bits per heavy atom. The molecular formula is C13H18BrFN2. The van der Waals surface area contributed by atoms with Crippen LogP contribution in [-0.4, -0.2) is 18.6 Å². The van der Waals surface area contributed by atoms with Gasteiger partial charge in [0.15, 0.2) is 0 Å². The average Bonchev–Trinajstić information content (AvgIpc) is 3.09. The first kappa shape index (κ1) is 13.0. The summed E-state index contributed by atoms with van der Waals surface area (Å²) in [5.74, 6) is -0.205. The molecule has 1 aromatic rings. The molecule has 1 atom stereocenters. The average molecular weight is 301 g/mol. The second-order valence-corrected chi connectivity index (χ2v) is 5.55. The third kappa shape index (κ3) is 4.37. The summed E-state index contributed by atoms with van der Waals surface area (Å²) >= 11 is 3.37. The van der Waals surface area contributed by atoms with Crippen LogP contribution in [0.3, 0.4) is 0 Å². The minimum absolute atomic E-state index is 0.205. The summed E-state index contributed by atoms with van der Waals surface area (Å²) in [6, 6.07) is 5.98. The molecule has 2 rings (SSSR count). The summed E-state index contributed by atoms with van der Waals surface area (Å²) in [5.41, 5.74) is 1.09. The van der Waals surface area contributed by atoms with Crippen LogP contribution in [0.1, 0.15) is 25.3 Å². The number of hydrogen-bond donors (Lipinski definition) is 2. The van der Waals surface area contributed by atoms with Crippen LogP contribution in [0.4, 0.5) is 4.39 Å². The van der Waals surface area contributed by atoms with E-state index < -0.39 is 0 Å². The molecule has 1 aromatic carbocycles. The fourth-order valence-corrected chi connectivity index (χ4v) is 2.14. The summed E-state index contributed by atoms with van der Waals surface area (Å²) in [6.45, 7) is 3.91. The predicted molar refractivity (Wildman–Crippen MR) is 71.4 cm³/mol. The highest BCUT2D eigenvalue weighted by atomic mass is 79.9. The maximum absolute atomic E-state index is 12.9. The van der Waals surface area contributed by atoms with Gasteiger partial charge in [-0.05, 0) is 37.5 Å². The van der Waals surface area contributed by atoms with Gasteiger partial charge in [-0.15, -0.1) is 0 Å². The molecule has 0 aliphatic heterocycles. The van der Waals surface area contributed by atoms with E-state index in [2.05, 4.69) is 33.5 Å². The van der Waals surface area contributed by atoms with Crippen LogP contribution in [-0.2, 0) is 6.54 Å². The predicted octanol–water partition coefficient (Wildman–Crippen LogP) is 2.82. The molecule has 0 aromatic heterocycles. The number of nitrogens with one attached hydrogen (secondary N) is 2. The van der Waals surface area contributed by atoms with E-state index in [0.29, 0.717) is 6.04 Å². The van der Waals surface area contributed by atoms with Crippen molar-refractivity contribution in [2.75, 3.05) is 6.54 Å². The quantitative estimate of drug-likeness (QED) is 0.844. The van der Waals surface area contributed by atoms with E-state index >= 15 is 0 Å². The maximum atomic E-state index is 12.9. The Balaban J connectivity index is 1.75. The molecule has 1 aliphatic rings. The summed E-state index contributed by atoms with van der Waals surface area (Å²) in [5, 5.41) is 6.91. The smallest absolute Gasteiger partial charge is 0.124 e. The highest BCUT2D eigenvalue weighted by Gasteiger charge is 2.20. The molecule has 0 amide bonds. The van der Waals surface area contributed by atoms with Gasteiger partial charge in [0.05, 0.1) is 0 Å². The Kier molecular flexibility index (Phi) is 4.54. The second kappa shape index (κ2) is 5.94. The standard InChI is InChI=1S/C13H18BrFN2/c1-9(7-17-12-4-5-12)16-8-10-2-3-11(15)6-13(10)14/h2-3,6,9,12,16-17H,4-5,7-8H2,1H3. The molecule has 1 saturated carbocycles. The molecule has 0 heterocycles. The fourth-order valence-electron chi connectivity index (χ4n) is 1.65. The molecule has 2 nitrogen and oxygen atoms in total. The van der Waals surface area contributed by atoms with E-state index in [9.17, 15) is 4.39 Å². The first-order chi connectivity index (χ1) is 8.15. The van der Waals surface area contributed by atoms with Crippen molar-refractivity contribution < 1.29 is 4.39 Å². The van der Waals surface area contributed by atoms with Gasteiger partial charge in [-0.1, -0.05) is 22.0 Å². The van der Waals surface area contributed by atoms with Crippen molar-refractivity contribution in [2.24, 2.45) is 0 Å². The normalized spacial score (nSPS) is 17.1. The van der Waals surface area contributed by atoms with E-state index in [1.807, 2.05) is 6.07 Å². The molecule has 1 aliphatic carbocycles. The Hall–Kier alpha value is -0.450. The van der Waals surface area contributed by atoms with Crippen LogP contribution >= 0.6 is 15.9 Å². The molecule has 0 spiro atoms. The number of benzene rings is 1. The number of halogens is 2. The first-order valence-electron chi connectivity index (χ1n) is 6.06. The molecule has 0 saturated heterocycles. The van der Waals surface area contributed by atoms with E-state index in [1.165, 1.54) is 25.0 Å². The van der Waals surface area contributed by atoms with Crippen LogP contribution in [0.15, 0.2) is 22.7 Å². The third-order valence-electron chi connectivity index (χ3n) is 2.95. The lowest BCUT2D eigenvalue weighted by molar-refractivity contribution is 0.499. The topological polar surface area (TPSA) is 24.1 Å². The van der Waals surface area contributed by atoms with E-state index in [0.717, 1.165) is 29.2 Å². The molecule has 0 radical (unpaired) electrons. The van der Waals surface area contributed by atoms with Crippen molar-refractivity contribution in [1.82, 2.24) is 10.6 Å². The molecule has 2 N–H and O–H groups in total. The Bertz CT molecular complexity index is 380. The van der Waals surface area contributed by atoms with E-state index in [4.69, 9.17) is 0 Å². The summed E-state index contributed by atoms with van der Waals surface area (Å²) in [4.78, 5) is 0. The van der Waals surface area contributed by atoms with Crippen molar-refractivity contribution >= 4 is 15.9 Å². The van der Waals surface area contributed by atoms with Gasteiger partial charge >= 0.3 is 0 Å².